The molecule has 0 unspecified atom stereocenters. The Morgan fingerprint density at radius 1 is 1.22 bits per heavy atom. The molecule has 0 aliphatic heterocycles. The smallest absolute Gasteiger partial charge is 0.307 e. The van der Waals surface area contributed by atoms with Gasteiger partial charge in [0.1, 0.15) is 0 Å². The standard InChI is InChI=1S/C16H18O2/c17-15(18)11-12-4-5-14-13(10-12)6-9-16(14)7-2-1-3-8-16/h4-6,9-10H,1-3,7-8,11H2,(H,17,18). The number of carbonyl (C=O) groups is 1. The first-order chi connectivity index (χ1) is 8.70. The molecule has 1 aromatic carbocycles. The lowest BCUT2D eigenvalue weighted by atomic mass is 9.71. The average Bonchev–Trinajstić information content (AvgIpc) is 2.68. The minimum atomic E-state index is -0.760. The highest BCUT2D eigenvalue weighted by Crippen LogP contribution is 2.46. The second-order valence-electron chi connectivity index (χ2n) is 5.54. The molecule has 2 aliphatic rings. The van der Waals surface area contributed by atoms with Gasteiger partial charge in [0.2, 0.25) is 0 Å². The van der Waals surface area contributed by atoms with Gasteiger partial charge in [-0.1, -0.05) is 49.6 Å². The van der Waals surface area contributed by atoms with Gasteiger partial charge >= 0.3 is 5.97 Å². The average molecular weight is 242 g/mol. The first-order valence-electron chi connectivity index (χ1n) is 6.74. The van der Waals surface area contributed by atoms with E-state index >= 15 is 0 Å². The normalized spacial score (nSPS) is 20.0. The molecule has 2 heteroatoms. The lowest BCUT2D eigenvalue weighted by molar-refractivity contribution is -0.136. The number of aliphatic carboxylic acids is 1. The molecule has 94 valence electrons. The summed E-state index contributed by atoms with van der Waals surface area (Å²) in [7, 11) is 0. The summed E-state index contributed by atoms with van der Waals surface area (Å²) < 4.78 is 0. The van der Waals surface area contributed by atoms with Crippen LogP contribution in [0.25, 0.3) is 6.08 Å². The van der Waals surface area contributed by atoms with Gasteiger partial charge in [0.05, 0.1) is 6.42 Å². The topological polar surface area (TPSA) is 37.3 Å². The third-order valence-corrected chi connectivity index (χ3v) is 4.34. The molecule has 0 saturated heterocycles. The molecule has 1 N–H and O–H groups in total. The Bertz CT molecular complexity index is 508. The molecule has 2 aliphatic carbocycles. The van der Waals surface area contributed by atoms with Crippen LogP contribution in [0.15, 0.2) is 24.3 Å². The number of carboxylic acid groups (broad SMARTS) is 1. The molecular weight excluding hydrogens is 224 g/mol. The van der Waals surface area contributed by atoms with Gasteiger partial charge in [0, 0.05) is 5.41 Å². The minimum absolute atomic E-state index is 0.119. The summed E-state index contributed by atoms with van der Waals surface area (Å²) in [6, 6.07) is 6.18. The molecule has 3 rings (SSSR count). The number of allylic oxidation sites excluding steroid dienone is 1. The molecule has 0 amide bonds. The monoisotopic (exact) mass is 242 g/mol. The summed E-state index contributed by atoms with van der Waals surface area (Å²) in [5.74, 6) is -0.760. The highest BCUT2D eigenvalue weighted by atomic mass is 16.4. The summed E-state index contributed by atoms with van der Waals surface area (Å²) in [5.41, 5.74) is 3.81. The van der Waals surface area contributed by atoms with Gasteiger partial charge < -0.3 is 5.11 Å². The zero-order chi connectivity index (χ0) is 12.6. The third-order valence-electron chi connectivity index (χ3n) is 4.34. The Morgan fingerprint density at radius 2 is 2.00 bits per heavy atom. The van der Waals surface area contributed by atoms with Crippen LogP contribution in [0.4, 0.5) is 0 Å². The predicted molar refractivity (Wildman–Crippen MR) is 71.6 cm³/mol. The molecule has 0 atom stereocenters. The highest BCUT2D eigenvalue weighted by Gasteiger charge is 2.35. The van der Waals surface area contributed by atoms with Crippen molar-refractivity contribution in [3.63, 3.8) is 0 Å². The van der Waals surface area contributed by atoms with E-state index in [0.717, 1.165) is 5.56 Å². The van der Waals surface area contributed by atoms with E-state index in [2.05, 4.69) is 18.2 Å². The summed E-state index contributed by atoms with van der Waals surface area (Å²) >= 11 is 0. The van der Waals surface area contributed by atoms with E-state index in [1.54, 1.807) is 0 Å². The maximum absolute atomic E-state index is 10.7. The second kappa shape index (κ2) is 4.27. The van der Waals surface area contributed by atoms with Crippen LogP contribution < -0.4 is 0 Å². The van der Waals surface area contributed by atoms with Gasteiger partial charge in [-0.25, -0.2) is 0 Å². The fourth-order valence-corrected chi connectivity index (χ4v) is 3.45. The van der Waals surface area contributed by atoms with E-state index in [9.17, 15) is 4.79 Å². The van der Waals surface area contributed by atoms with Gasteiger partial charge in [-0.15, -0.1) is 0 Å². The summed E-state index contributed by atoms with van der Waals surface area (Å²) in [4.78, 5) is 10.7. The lowest BCUT2D eigenvalue weighted by Gasteiger charge is -2.33. The number of fused-ring (bicyclic) bond motifs is 2. The molecule has 0 heterocycles. The number of carboxylic acids is 1. The minimum Gasteiger partial charge on any atom is -0.481 e. The van der Waals surface area contributed by atoms with Crippen molar-refractivity contribution in [3.05, 3.63) is 41.0 Å². The molecule has 0 radical (unpaired) electrons. The maximum atomic E-state index is 10.7. The first kappa shape index (κ1) is 11.5. The Hall–Kier alpha value is -1.57. The predicted octanol–water partition coefficient (Wildman–Crippen LogP) is 3.54. The Morgan fingerprint density at radius 3 is 2.72 bits per heavy atom. The van der Waals surface area contributed by atoms with Crippen LogP contribution in [-0.4, -0.2) is 11.1 Å². The quantitative estimate of drug-likeness (QED) is 0.861. The van der Waals surface area contributed by atoms with Crippen molar-refractivity contribution in [2.75, 3.05) is 0 Å². The Kier molecular flexibility index (Phi) is 2.73. The van der Waals surface area contributed by atoms with Gasteiger partial charge in [0.15, 0.2) is 0 Å². The molecular formula is C16H18O2. The van der Waals surface area contributed by atoms with Gasteiger partial charge in [-0.05, 0) is 29.5 Å². The number of hydrogen-bond acceptors (Lipinski definition) is 1. The van der Waals surface area contributed by atoms with Crippen LogP contribution in [0.5, 0.6) is 0 Å². The van der Waals surface area contributed by atoms with E-state index in [0.29, 0.717) is 0 Å². The van der Waals surface area contributed by atoms with Crippen LogP contribution in [0.3, 0.4) is 0 Å². The Balaban J connectivity index is 1.93. The van der Waals surface area contributed by atoms with E-state index in [4.69, 9.17) is 5.11 Å². The number of hydrogen-bond donors (Lipinski definition) is 1. The van der Waals surface area contributed by atoms with E-state index < -0.39 is 5.97 Å². The van der Waals surface area contributed by atoms with Crippen molar-refractivity contribution in [2.24, 2.45) is 0 Å². The molecule has 1 aromatic rings. The molecule has 18 heavy (non-hydrogen) atoms. The van der Waals surface area contributed by atoms with Crippen LogP contribution >= 0.6 is 0 Å². The van der Waals surface area contributed by atoms with Gasteiger partial charge in [-0.2, -0.15) is 0 Å². The van der Waals surface area contributed by atoms with Crippen LogP contribution in [0.2, 0.25) is 0 Å². The largest absolute Gasteiger partial charge is 0.481 e. The molecule has 2 nitrogen and oxygen atoms in total. The van der Waals surface area contributed by atoms with Gasteiger partial charge in [0.25, 0.3) is 0 Å². The molecule has 1 saturated carbocycles. The fraction of sp³-hybridized carbons (Fsp3) is 0.438. The fourth-order valence-electron chi connectivity index (χ4n) is 3.45. The van der Waals surface area contributed by atoms with Crippen molar-refractivity contribution in [2.45, 2.75) is 43.9 Å². The second-order valence-corrected chi connectivity index (χ2v) is 5.54. The maximum Gasteiger partial charge on any atom is 0.307 e. The molecule has 1 fully saturated rings. The molecule has 0 bridgehead atoms. The van der Waals surface area contributed by atoms with Crippen molar-refractivity contribution >= 4 is 12.0 Å². The number of rotatable bonds is 2. The van der Waals surface area contributed by atoms with Crippen LogP contribution in [0.1, 0.15) is 48.8 Å². The number of benzene rings is 1. The molecule has 1 spiro atoms. The lowest BCUT2D eigenvalue weighted by Crippen LogP contribution is -2.24. The molecule has 0 aromatic heterocycles. The summed E-state index contributed by atoms with van der Waals surface area (Å²) in [6.45, 7) is 0. The first-order valence-corrected chi connectivity index (χ1v) is 6.74. The Labute approximate surface area is 107 Å². The summed E-state index contributed by atoms with van der Waals surface area (Å²) in [6.07, 6.45) is 11.1. The zero-order valence-corrected chi connectivity index (χ0v) is 10.5. The zero-order valence-electron chi connectivity index (χ0n) is 10.5. The van der Waals surface area contributed by atoms with Crippen LogP contribution in [-0.2, 0) is 16.6 Å². The third kappa shape index (κ3) is 1.86. The highest BCUT2D eigenvalue weighted by molar-refractivity contribution is 5.72. The summed E-state index contributed by atoms with van der Waals surface area (Å²) in [5, 5.41) is 8.84. The van der Waals surface area contributed by atoms with Crippen molar-refractivity contribution in [3.8, 4) is 0 Å². The van der Waals surface area contributed by atoms with E-state index in [1.165, 1.54) is 43.2 Å². The van der Waals surface area contributed by atoms with Crippen molar-refractivity contribution in [1.82, 2.24) is 0 Å². The van der Waals surface area contributed by atoms with E-state index in [1.807, 2.05) is 12.1 Å². The van der Waals surface area contributed by atoms with Crippen molar-refractivity contribution < 1.29 is 9.90 Å². The van der Waals surface area contributed by atoms with Crippen LogP contribution in [0, 0.1) is 0 Å². The van der Waals surface area contributed by atoms with Gasteiger partial charge in [-0.3, -0.25) is 4.79 Å². The van der Waals surface area contributed by atoms with Crippen molar-refractivity contribution in [1.29, 1.82) is 0 Å². The van der Waals surface area contributed by atoms with E-state index in [-0.39, 0.29) is 11.8 Å². The SMILES string of the molecule is O=C(O)Cc1ccc2c(c1)C=CC21CCCCC1.